The number of nitriles is 1. The van der Waals surface area contributed by atoms with Gasteiger partial charge in [0.2, 0.25) is 5.91 Å². The molecular formula is C26H32N4O3. The Morgan fingerprint density at radius 1 is 1.12 bits per heavy atom. The SMILES string of the molecule is COc1ccc(-n2c(C)cc(/C=C(/C#N)C(=O)NCCC(=O)N3CCCCCC3)c2C)cc1. The van der Waals surface area contributed by atoms with Crippen LogP contribution in [0.4, 0.5) is 0 Å². The monoisotopic (exact) mass is 448 g/mol. The van der Waals surface area contributed by atoms with Gasteiger partial charge >= 0.3 is 0 Å². The van der Waals surface area contributed by atoms with E-state index in [0.717, 1.165) is 67.2 Å². The molecule has 3 rings (SSSR count). The molecule has 1 aromatic heterocycles. The molecule has 1 aromatic carbocycles. The topological polar surface area (TPSA) is 87.4 Å². The number of methoxy groups -OCH3 is 1. The summed E-state index contributed by atoms with van der Waals surface area (Å²) in [5, 5.41) is 12.3. The Morgan fingerprint density at radius 3 is 2.39 bits per heavy atom. The fourth-order valence-corrected chi connectivity index (χ4v) is 4.22. The molecule has 0 bridgehead atoms. The maximum atomic E-state index is 12.6. The van der Waals surface area contributed by atoms with Gasteiger partial charge in [-0.1, -0.05) is 12.8 Å². The lowest BCUT2D eigenvalue weighted by atomic mass is 10.1. The number of hydrogen-bond acceptors (Lipinski definition) is 4. The smallest absolute Gasteiger partial charge is 0.261 e. The minimum absolute atomic E-state index is 0.0206. The molecule has 1 aliphatic heterocycles. The number of benzene rings is 1. The summed E-state index contributed by atoms with van der Waals surface area (Å²) < 4.78 is 7.30. The maximum absolute atomic E-state index is 12.6. The van der Waals surface area contributed by atoms with Crippen molar-refractivity contribution in [2.45, 2.75) is 46.0 Å². The van der Waals surface area contributed by atoms with Crippen LogP contribution in [0.5, 0.6) is 5.75 Å². The zero-order valence-corrected chi connectivity index (χ0v) is 19.7. The van der Waals surface area contributed by atoms with Crippen LogP contribution in [0.2, 0.25) is 0 Å². The molecule has 0 saturated carbocycles. The lowest BCUT2D eigenvalue weighted by molar-refractivity contribution is -0.131. The molecule has 7 heteroatoms. The van der Waals surface area contributed by atoms with Gasteiger partial charge in [0.15, 0.2) is 0 Å². The molecule has 2 heterocycles. The highest BCUT2D eigenvalue weighted by atomic mass is 16.5. The maximum Gasteiger partial charge on any atom is 0.261 e. The number of hydrogen-bond donors (Lipinski definition) is 1. The van der Waals surface area contributed by atoms with E-state index in [1.165, 1.54) is 0 Å². The summed E-state index contributed by atoms with van der Waals surface area (Å²) in [5.74, 6) is 0.372. The van der Waals surface area contributed by atoms with Crippen LogP contribution in [0.3, 0.4) is 0 Å². The van der Waals surface area contributed by atoms with E-state index in [2.05, 4.69) is 9.88 Å². The van der Waals surface area contributed by atoms with Gasteiger partial charge in [0, 0.05) is 43.1 Å². The van der Waals surface area contributed by atoms with E-state index >= 15 is 0 Å². The molecule has 2 aromatic rings. The molecule has 2 amide bonds. The third kappa shape index (κ3) is 6.04. The highest BCUT2D eigenvalue weighted by Gasteiger charge is 2.17. The largest absolute Gasteiger partial charge is 0.497 e. The third-order valence-electron chi connectivity index (χ3n) is 6.05. The highest BCUT2D eigenvalue weighted by molar-refractivity contribution is 6.02. The van der Waals surface area contributed by atoms with Crippen molar-refractivity contribution in [3.63, 3.8) is 0 Å². The van der Waals surface area contributed by atoms with Crippen LogP contribution in [-0.2, 0) is 9.59 Å². The van der Waals surface area contributed by atoms with Gasteiger partial charge in [-0.05, 0) is 68.7 Å². The first-order chi connectivity index (χ1) is 15.9. The molecule has 0 atom stereocenters. The molecule has 1 saturated heterocycles. The van der Waals surface area contributed by atoms with E-state index < -0.39 is 5.91 Å². The molecule has 7 nitrogen and oxygen atoms in total. The summed E-state index contributed by atoms with van der Waals surface area (Å²) in [6, 6.07) is 11.7. The van der Waals surface area contributed by atoms with Crippen molar-refractivity contribution in [2.24, 2.45) is 0 Å². The number of nitrogens with zero attached hydrogens (tertiary/aromatic N) is 3. The lowest BCUT2D eigenvalue weighted by Gasteiger charge is -2.20. The number of aryl methyl sites for hydroxylation is 1. The van der Waals surface area contributed by atoms with Crippen molar-refractivity contribution >= 4 is 17.9 Å². The van der Waals surface area contributed by atoms with Crippen molar-refractivity contribution in [1.29, 1.82) is 5.26 Å². The fraction of sp³-hybridized carbons (Fsp3) is 0.423. The minimum Gasteiger partial charge on any atom is -0.497 e. The normalized spacial score (nSPS) is 14.4. The molecule has 0 spiro atoms. The Labute approximate surface area is 195 Å². The van der Waals surface area contributed by atoms with Gasteiger partial charge in [-0.15, -0.1) is 0 Å². The first-order valence-corrected chi connectivity index (χ1v) is 11.5. The second-order valence-corrected chi connectivity index (χ2v) is 8.33. The fourth-order valence-electron chi connectivity index (χ4n) is 4.22. The summed E-state index contributed by atoms with van der Waals surface area (Å²) in [7, 11) is 1.63. The Morgan fingerprint density at radius 2 is 1.79 bits per heavy atom. The van der Waals surface area contributed by atoms with E-state index in [4.69, 9.17) is 4.74 Å². The highest BCUT2D eigenvalue weighted by Crippen LogP contribution is 2.24. The van der Waals surface area contributed by atoms with Gasteiger partial charge in [-0.3, -0.25) is 9.59 Å². The van der Waals surface area contributed by atoms with Gasteiger partial charge in [-0.25, -0.2) is 0 Å². The van der Waals surface area contributed by atoms with Crippen LogP contribution in [0.1, 0.15) is 49.1 Å². The average Bonchev–Trinajstić information content (AvgIpc) is 2.99. The van der Waals surface area contributed by atoms with E-state index in [-0.39, 0.29) is 24.4 Å². The molecule has 0 radical (unpaired) electrons. The van der Waals surface area contributed by atoms with Crippen LogP contribution >= 0.6 is 0 Å². The molecule has 1 fully saturated rings. The van der Waals surface area contributed by atoms with E-state index in [1.807, 2.05) is 55.1 Å². The summed E-state index contributed by atoms with van der Waals surface area (Å²) in [6.45, 7) is 5.74. The van der Waals surface area contributed by atoms with Gasteiger partial charge in [-0.2, -0.15) is 5.26 Å². The van der Waals surface area contributed by atoms with Crippen molar-refractivity contribution in [2.75, 3.05) is 26.7 Å². The Hall–Kier alpha value is -3.53. The number of nitrogens with one attached hydrogen (secondary N) is 1. The van der Waals surface area contributed by atoms with Crippen LogP contribution in [0.15, 0.2) is 35.9 Å². The van der Waals surface area contributed by atoms with Gasteiger partial charge in [0.05, 0.1) is 7.11 Å². The summed E-state index contributed by atoms with van der Waals surface area (Å²) >= 11 is 0. The minimum atomic E-state index is -0.463. The van der Waals surface area contributed by atoms with Crippen molar-refractivity contribution in [3.8, 4) is 17.5 Å². The molecule has 174 valence electrons. The number of likely N-dealkylation sites (tertiary alicyclic amines) is 1. The first-order valence-electron chi connectivity index (χ1n) is 11.5. The molecule has 0 unspecified atom stereocenters. The number of aromatic nitrogens is 1. The van der Waals surface area contributed by atoms with Crippen LogP contribution in [0, 0.1) is 25.2 Å². The Balaban J connectivity index is 1.66. The predicted octanol–water partition coefficient (Wildman–Crippen LogP) is 3.92. The standard InChI is InChI=1S/C26H32N4O3/c1-19-16-21(20(2)30(19)23-8-10-24(33-3)11-9-23)17-22(18-27)26(32)28-13-12-25(31)29-14-6-4-5-7-15-29/h8-11,16-17H,4-7,12-15H2,1-3H3,(H,28,32)/b22-17-. The van der Waals surface area contributed by atoms with Crippen LogP contribution in [0.25, 0.3) is 11.8 Å². The molecule has 1 N–H and O–H groups in total. The third-order valence-corrected chi connectivity index (χ3v) is 6.05. The average molecular weight is 449 g/mol. The molecule has 1 aliphatic rings. The summed E-state index contributed by atoms with van der Waals surface area (Å²) in [6.07, 6.45) is 6.25. The zero-order valence-electron chi connectivity index (χ0n) is 19.7. The van der Waals surface area contributed by atoms with Gasteiger partial charge in [0.25, 0.3) is 5.91 Å². The van der Waals surface area contributed by atoms with Gasteiger partial charge in [0.1, 0.15) is 17.4 Å². The summed E-state index contributed by atoms with van der Waals surface area (Å²) in [4.78, 5) is 26.9. The molecular weight excluding hydrogens is 416 g/mol. The Bertz CT molecular complexity index is 1050. The van der Waals surface area contributed by atoms with Crippen molar-refractivity contribution in [1.82, 2.24) is 14.8 Å². The number of carbonyl (C=O) groups excluding carboxylic acids is 2. The number of rotatable bonds is 7. The lowest BCUT2D eigenvalue weighted by Crippen LogP contribution is -2.35. The number of ether oxygens (including phenoxy) is 1. The van der Waals surface area contributed by atoms with E-state index in [0.29, 0.717) is 0 Å². The van der Waals surface area contributed by atoms with E-state index in [1.54, 1.807) is 13.2 Å². The number of carbonyl (C=O) groups is 2. The zero-order chi connectivity index (χ0) is 23.8. The van der Waals surface area contributed by atoms with Gasteiger partial charge < -0.3 is 19.5 Å². The Kier molecular flexibility index (Phi) is 8.31. The second kappa shape index (κ2) is 11.4. The quantitative estimate of drug-likeness (QED) is 0.514. The van der Waals surface area contributed by atoms with Crippen molar-refractivity contribution in [3.05, 3.63) is 52.9 Å². The molecule has 33 heavy (non-hydrogen) atoms. The second-order valence-electron chi connectivity index (χ2n) is 8.33. The summed E-state index contributed by atoms with van der Waals surface area (Å²) in [5.41, 5.74) is 3.71. The first kappa shape index (κ1) is 24.1. The van der Waals surface area contributed by atoms with E-state index in [9.17, 15) is 14.9 Å². The van der Waals surface area contributed by atoms with Crippen LogP contribution < -0.4 is 10.1 Å². The molecule has 0 aliphatic carbocycles. The van der Waals surface area contributed by atoms with Crippen molar-refractivity contribution < 1.29 is 14.3 Å². The number of amides is 2. The predicted molar refractivity (Wildman–Crippen MR) is 128 cm³/mol. The van der Waals surface area contributed by atoms with Crippen LogP contribution in [-0.4, -0.2) is 48.0 Å².